The first-order chi connectivity index (χ1) is 12.9. The van der Waals surface area contributed by atoms with Gasteiger partial charge in [0.2, 0.25) is 5.91 Å². The highest BCUT2D eigenvalue weighted by Crippen LogP contribution is 2.25. The molecule has 0 bridgehead atoms. The molecule has 0 fully saturated rings. The van der Waals surface area contributed by atoms with E-state index in [4.69, 9.17) is 0 Å². The molecule has 0 radical (unpaired) electrons. The van der Waals surface area contributed by atoms with Gasteiger partial charge in [0, 0.05) is 38.1 Å². The van der Waals surface area contributed by atoms with Crippen LogP contribution in [0.15, 0.2) is 53.7 Å². The average molecular weight is 385 g/mol. The number of hydrogen-bond acceptors (Lipinski definition) is 5. The molecule has 0 saturated carbocycles. The van der Waals surface area contributed by atoms with E-state index in [1.54, 1.807) is 0 Å². The van der Waals surface area contributed by atoms with Crippen LogP contribution < -0.4 is 10.2 Å². The average Bonchev–Trinajstić information content (AvgIpc) is 3.02. The maximum absolute atomic E-state index is 12.9. The lowest BCUT2D eigenvalue weighted by molar-refractivity contribution is -0.113. The number of aromatic nitrogens is 3. The number of anilines is 2. The molecule has 0 saturated heterocycles. The standard InChI is InChI=1S/C19H20FN5OS/c1-24(2)16-6-4-5-13(11-16)18-22-23-19(25(18)3)27-12-17(26)21-15-9-7-14(20)8-10-15/h4-11H,12H2,1-3H3,(H,21,26). The maximum Gasteiger partial charge on any atom is 0.234 e. The maximum atomic E-state index is 12.9. The fourth-order valence-electron chi connectivity index (χ4n) is 2.48. The molecule has 6 nitrogen and oxygen atoms in total. The molecule has 3 rings (SSSR count). The number of hydrogen-bond donors (Lipinski definition) is 1. The Balaban J connectivity index is 1.66. The van der Waals surface area contributed by atoms with Crippen LogP contribution in [0.2, 0.25) is 0 Å². The van der Waals surface area contributed by atoms with Crippen molar-refractivity contribution in [2.24, 2.45) is 7.05 Å². The SMILES string of the molecule is CN(C)c1cccc(-c2nnc(SCC(=O)Nc3ccc(F)cc3)n2C)c1. The van der Waals surface area contributed by atoms with Crippen LogP contribution in [0.1, 0.15) is 0 Å². The van der Waals surface area contributed by atoms with E-state index in [0.717, 1.165) is 17.1 Å². The summed E-state index contributed by atoms with van der Waals surface area (Å²) in [5.74, 6) is 0.388. The van der Waals surface area contributed by atoms with Gasteiger partial charge in [0.15, 0.2) is 11.0 Å². The van der Waals surface area contributed by atoms with Crippen molar-refractivity contribution in [3.05, 3.63) is 54.3 Å². The topological polar surface area (TPSA) is 63.1 Å². The molecule has 0 atom stereocenters. The molecule has 0 spiro atoms. The number of carbonyl (C=O) groups is 1. The Hall–Kier alpha value is -2.87. The van der Waals surface area contributed by atoms with Gasteiger partial charge >= 0.3 is 0 Å². The van der Waals surface area contributed by atoms with Crippen LogP contribution >= 0.6 is 11.8 Å². The summed E-state index contributed by atoms with van der Waals surface area (Å²) in [4.78, 5) is 14.1. The smallest absolute Gasteiger partial charge is 0.234 e. The minimum absolute atomic E-state index is 0.182. The van der Waals surface area contributed by atoms with Gasteiger partial charge in [-0.2, -0.15) is 0 Å². The first-order valence-electron chi connectivity index (χ1n) is 8.29. The van der Waals surface area contributed by atoms with E-state index in [1.165, 1.54) is 36.0 Å². The van der Waals surface area contributed by atoms with Crippen molar-refractivity contribution >= 4 is 29.0 Å². The Bertz CT molecular complexity index is 940. The zero-order valence-electron chi connectivity index (χ0n) is 15.3. The second kappa shape index (κ2) is 8.22. The normalized spacial score (nSPS) is 10.7. The first kappa shape index (κ1) is 18.9. The predicted molar refractivity (Wildman–Crippen MR) is 107 cm³/mol. The van der Waals surface area contributed by atoms with Gasteiger partial charge in [0.1, 0.15) is 5.82 Å². The third-order valence-electron chi connectivity index (χ3n) is 3.92. The number of rotatable bonds is 6. The van der Waals surface area contributed by atoms with Crippen molar-refractivity contribution in [2.45, 2.75) is 5.16 Å². The van der Waals surface area contributed by atoms with Gasteiger partial charge in [-0.05, 0) is 36.4 Å². The Morgan fingerprint density at radius 1 is 1.19 bits per heavy atom. The molecule has 1 aromatic heterocycles. The second-order valence-electron chi connectivity index (χ2n) is 6.15. The van der Waals surface area contributed by atoms with Gasteiger partial charge in [-0.15, -0.1) is 10.2 Å². The molecule has 0 unspecified atom stereocenters. The Labute approximate surface area is 161 Å². The van der Waals surface area contributed by atoms with Crippen molar-refractivity contribution in [1.82, 2.24) is 14.8 Å². The number of nitrogens with zero attached hydrogens (tertiary/aromatic N) is 4. The molecule has 27 heavy (non-hydrogen) atoms. The molecule has 0 aliphatic carbocycles. The van der Waals surface area contributed by atoms with E-state index in [2.05, 4.69) is 15.5 Å². The Kier molecular flexibility index (Phi) is 5.75. The van der Waals surface area contributed by atoms with Crippen LogP contribution in [-0.2, 0) is 11.8 Å². The fourth-order valence-corrected chi connectivity index (χ4v) is 3.19. The Morgan fingerprint density at radius 2 is 1.93 bits per heavy atom. The highest BCUT2D eigenvalue weighted by Gasteiger charge is 2.13. The zero-order chi connectivity index (χ0) is 19.4. The van der Waals surface area contributed by atoms with Gasteiger partial charge < -0.3 is 14.8 Å². The quantitative estimate of drug-likeness (QED) is 0.659. The number of thioether (sulfide) groups is 1. The van der Waals surface area contributed by atoms with Gasteiger partial charge in [-0.25, -0.2) is 4.39 Å². The summed E-state index contributed by atoms with van der Waals surface area (Å²) in [5.41, 5.74) is 2.59. The molecule has 1 N–H and O–H groups in total. The Morgan fingerprint density at radius 3 is 2.63 bits per heavy atom. The van der Waals surface area contributed by atoms with E-state index < -0.39 is 0 Å². The van der Waals surface area contributed by atoms with Crippen LogP contribution in [0.25, 0.3) is 11.4 Å². The third-order valence-corrected chi connectivity index (χ3v) is 4.94. The highest BCUT2D eigenvalue weighted by molar-refractivity contribution is 7.99. The predicted octanol–water partition coefficient (Wildman–Crippen LogP) is 3.42. The molecular weight excluding hydrogens is 365 g/mol. The summed E-state index contributed by atoms with van der Waals surface area (Å²) in [6.07, 6.45) is 0. The molecule has 8 heteroatoms. The monoisotopic (exact) mass is 385 g/mol. The van der Waals surface area contributed by atoms with E-state index >= 15 is 0 Å². The molecule has 0 aliphatic rings. The lowest BCUT2D eigenvalue weighted by atomic mass is 10.2. The van der Waals surface area contributed by atoms with Crippen LogP contribution in [-0.4, -0.2) is 40.5 Å². The van der Waals surface area contributed by atoms with E-state index in [9.17, 15) is 9.18 Å². The summed E-state index contributed by atoms with van der Waals surface area (Å²) in [6, 6.07) is 13.7. The number of nitrogens with one attached hydrogen (secondary N) is 1. The van der Waals surface area contributed by atoms with Crippen LogP contribution in [0, 0.1) is 5.82 Å². The molecule has 1 heterocycles. The summed E-state index contributed by atoms with van der Waals surface area (Å²) in [5, 5.41) is 11.8. The number of benzene rings is 2. The lowest BCUT2D eigenvalue weighted by Crippen LogP contribution is -2.14. The molecule has 1 amide bonds. The second-order valence-corrected chi connectivity index (χ2v) is 7.10. The minimum atomic E-state index is -0.340. The van der Waals surface area contributed by atoms with Gasteiger partial charge in [0.25, 0.3) is 0 Å². The van der Waals surface area contributed by atoms with Gasteiger partial charge in [0.05, 0.1) is 5.75 Å². The van der Waals surface area contributed by atoms with Crippen LogP contribution in [0.3, 0.4) is 0 Å². The molecular formula is C19H20FN5OS. The number of amides is 1. The molecule has 0 aliphatic heterocycles. The molecule has 2 aromatic carbocycles. The highest BCUT2D eigenvalue weighted by atomic mass is 32.2. The number of halogens is 1. The summed E-state index contributed by atoms with van der Waals surface area (Å²) in [6.45, 7) is 0. The van der Waals surface area contributed by atoms with Crippen molar-refractivity contribution in [2.75, 3.05) is 30.1 Å². The molecule has 140 valence electrons. The first-order valence-corrected chi connectivity index (χ1v) is 9.28. The van der Waals surface area contributed by atoms with Crippen molar-refractivity contribution in [1.29, 1.82) is 0 Å². The van der Waals surface area contributed by atoms with E-state index in [1.807, 2.05) is 54.9 Å². The van der Waals surface area contributed by atoms with Crippen molar-refractivity contribution < 1.29 is 9.18 Å². The lowest BCUT2D eigenvalue weighted by Gasteiger charge is -2.13. The summed E-state index contributed by atoms with van der Waals surface area (Å²) >= 11 is 1.30. The summed E-state index contributed by atoms with van der Waals surface area (Å²) < 4.78 is 14.8. The zero-order valence-corrected chi connectivity index (χ0v) is 16.1. The van der Waals surface area contributed by atoms with Gasteiger partial charge in [-0.1, -0.05) is 23.9 Å². The number of carbonyl (C=O) groups excluding carboxylic acids is 1. The van der Waals surface area contributed by atoms with Crippen molar-refractivity contribution in [3.8, 4) is 11.4 Å². The van der Waals surface area contributed by atoms with E-state index in [0.29, 0.717) is 10.8 Å². The fraction of sp³-hybridized carbons (Fsp3) is 0.211. The van der Waals surface area contributed by atoms with Crippen LogP contribution in [0.5, 0.6) is 0 Å². The van der Waals surface area contributed by atoms with E-state index in [-0.39, 0.29) is 17.5 Å². The molecule has 3 aromatic rings. The summed E-state index contributed by atoms with van der Waals surface area (Å²) in [7, 11) is 5.84. The minimum Gasteiger partial charge on any atom is -0.378 e. The largest absolute Gasteiger partial charge is 0.378 e. The third kappa shape index (κ3) is 4.65. The van der Waals surface area contributed by atoms with Crippen LogP contribution in [0.4, 0.5) is 15.8 Å². The van der Waals surface area contributed by atoms with Gasteiger partial charge in [-0.3, -0.25) is 4.79 Å². The van der Waals surface area contributed by atoms with Crippen molar-refractivity contribution in [3.63, 3.8) is 0 Å².